The van der Waals surface area contributed by atoms with Gasteiger partial charge in [-0.25, -0.2) is 4.79 Å². The molecule has 1 aromatic carbocycles. The number of hydrogen-bond acceptors (Lipinski definition) is 3. The normalized spacial score (nSPS) is 21.6. The number of benzene rings is 1. The van der Waals surface area contributed by atoms with Crippen molar-refractivity contribution in [3.8, 4) is 0 Å². The molecule has 0 saturated carbocycles. The van der Waals surface area contributed by atoms with E-state index in [2.05, 4.69) is 0 Å². The quantitative estimate of drug-likeness (QED) is 0.800. The van der Waals surface area contributed by atoms with E-state index in [1.54, 1.807) is 4.90 Å². The van der Waals surface area contributed by atoms with Crippen molar-refractivity contribution in [3.05, 3.63) is 35.9 Å². The summed E-state index contributed by atoms with van der Waals surface area (Å²) in [5.74, 6) is -0.408. The molecule has 1 aromatic rings. The summed E-state index contributed by atoms with van der Waals surface area (Å²) >= 11 is 0. The summed E-state index contributed by atoms with van der Waals surface area (Å²) in [6.07, 6.45) is 2.01. The van der Waals surface area contributed by atoms with Gasteiger partial charge >= 0.3 is 5.97 Å². The minimum absolute atomic E-state index is 0.0221. The number of carbonyl (C=O) groups is 2. The molecule has 114 valence electrons. The van der Waals surface area contributed by atoms with E-state index in [0.717, 1.165) is 12.0 Å². The van der Waals surface area contributed by atoms with Gasteiger partial charge in [-0.3, -0.25) is 4.79 Å². The predicted molar refractivity (Wildman–Crippen MR) is 80.7 cm³/mol. The van der Waals surface area contributed by atoms with Crippen LogP contribution in [0.3, 0.4) is 0 Å². The van der Waals surface area contributed by atoms with E-state index in [1.807, 2.05) is 44.2 Å². The van der Waals surface area contributed by atoms with Crippen LogP contribution in [0.25, 0.3) is 0 Å². The number of ether oxygens (including phenoxy) is 1. The van der Waals surface area contributed by atoms with E-state index in [-0.39, 0.29) is 17.8 Å². The Morgan fingerprint density at radius 3 is 2.52 bits per heavy atom. The standard InChI is InChI=1S/C17H23NO3/c1-13(2)15(19)18-11-7-10-17(18,16(20)21-3)12-14-8-5-4-6-9-14/h4-6,8-9,13H,7,10-12H2,1-3H3/t17-/m1/s1. The molecule has 4 heteroatoms. The second-order valence-electron chi connectivity index (χ2n) is 5.93. The summed E-state index contributed by atoms with van der Waals surface area (Å²) in [5.41, 5.74) is 0.198. The Morgan fingerprint density at radius 2 is 1.95 bits per heavy atom. The smallest absolute Gasteiger partial charge is 0.332 e. The first-order valence-corrected chi connectivity index (χ1v) is 7.45. The molecule has 0 aliphatic carbocycles. The Hall–Kier alpha value is -1.84. The van der Waals surface area contributed by atoms with Gasteiger partial charge in [0, 0.05) is 18.9 Å². The SMILES string of the molecule is COC(=O)[C@]1(Cc2ccccc2)CCCN1C(=O)C(C)C. The van der Waals surface area contributed by atoms with Crippen molar-refractivity contribution in [1.29, 1.82) is 0 Å². The van der Waals surface area contributed by atoms with Gasteiger partial charge in [-0.2, -0.15) is 0 Å². The largest absolute Gasteiger partial charge is 0.467 e. The molecule has 0 unspecified atom stereocenters. The monoisotopic (exact) mass is 289 g/mol. The molecule has 0 bridgehead atoms. The second-order valence-corrected chi connectivity index (χ2v) is 5.93. The highest BCUT2D eigenvalue weighted by molar-refractivity contribution is 5.89. The van der Waals surface area contributed by atoms with Crippen LogP contribution in [0.2, 0.25) is 0 Å². The van der Waals surface area contributed by atoms with Crippen molar-refractivity contribution >= 4 is 11.9 Å². The molecule has 0 aromatic heterocycles. The highest BCUT2D eigenvalue weighted by atomic mass is 16.5. The van der Waals surface area contributed by atoms with Crippen LogP contribution in [0.1, 0.15) is 32.3 Å². The summed E-state index contributed by atoms with van der Waals surface area (Å²) < 4.78 is 5.04. The van der Waals surface area contributed by atoms with Crippen LogP contribution in [0.4, 0.5) is 0 Å². The molecular weight excluding hydrogens is 266 g/mol. The maximum atomic E-state index is 12.5. The van der Waals surface area contributed by atoms with Crippen molar-refractivity contribution in [2.24, 2.45) is 5.92 Å². The van der Waals surface area contributed by atoms with E-state index < -0.39 is 5.54 Å². The van der Waals surface area contributed by atoms with Crippen molar-refractivity contribution in [2.75, 3.05) is 13.7 Å². The van der Waals surface area contributed by atoms with Gasteiger partial charge in [0.25, 0.3) is 0 Å². The molecular formula is C17H23NO3. The number of amides is 1. The molecule has 1 heterocycles. The fraction of sp³-hybridized carbons (Fsp3) is 0.529. The molecule has 1 aliphatic heterocycles. The highest BCUT2D eigenvalue weighted by Gasteiger charge is 2.50. The molecule has 1 saturated heterocycles. The van der Waals surface area contributed by atoms with E-state index in [4.69, 9.17) is 4.74 Å². The van der Waals surface area contributed by atoms with Crippen molar-refractivity contribution in [1.82, 2.24) is 4.90 Å². The topological polar surface area (TPSA) is 46.6 Å². The number of carbonyl (C=O) groups excluding carboxylic acids is 2. The van der Waals surface area contributed by atoms with Crippen LogP contribution >= 0.6 is 0 Å². The lowest BCUT2D eigenvalue weighted by Crippen LogP contribution is -2.56. The lowest BCUT2D eigenvalue weighted by atomic mass is 9.87. The molecule has 0 spiro atoms. The Kier molecular flexibility index (Phi) is 4.66. The van der Waals surface area contributed by atoms with Gasteiger partial charge in [0.05, 0.1) is 7.11 Å². The van der Waals surface area contributed by atoms with E-state index in [9.17, 15) is 9.59 Å². The fourth-order valence-electron chi connectivity index (χ4n) is 3.10. The first-order chi connectivity index (χ1) is 10.0. The maximum absolute atomic E-state index is 12.5. The summed E-state index contributed by atoms with van der Waals surface area (Å²) in [6.45, 7) is 4.36. The van der Waals surface area contributed by atoms with Crippen LogP contribution in [0.5, 0.6) is 0 Å². The molecule has 0 radical (unpaired) electrons. The van der Waals surface area contributed by atoms with Gasteiger partial charge in [0.15, 0.2) is 0 Å². The third-order valence-corrected chi connectivity index (χ3v) is 4.15. The molecule has 1 aliphatic rings. The molecule has 2 rings (SSSR count). The van der Waals surface area contributed by atoms with Gasteiger partial charge in [0.2, 0.25) is 5.91 Å². The summed E-state index contributed by atoms with van der Waals surface area (Å²) in [4.78, 5) is 26.7. The second kappa shape index (κ2) is 6.29. The van der Waals surface area contributed by atoms with Crippen LogP contribution in [0.15, 0.2) is 30.3 Å². The zero-order chi connectivity index (χ0) is 15.5. The molecule has 1 fully saturated rings. The van der Waals surface area contributed by atoms with E-state index in [1.165, 1.54) is 7.11 Å². The van der Waals surface area contributed by atoms with Crippen LogP contribution in [-0.4, -0.2) is 36.0 Å². The molecule has 1 atom stereocenters. The maximum Gasteiger partial charge on any atom is 0.332 e. The lowest BCUT2D eigenvalue weighted by Gasteiger charge is -2.37. The van der Waals surface area contributed by atoms with E-state index >= 15 is 0 Å². The van der Waals surface area contributed by atoms with Gasteiger partial charge in [0.1, 0.15) is 5.54 Å². The molecule has 0 N–H and O–H groups in total. The number of nitrogens with zero attached hydrogens (tertiary/aromatic N) is 1. The number of methoxy groups -OCH3 is 1. The summed E-state index contributed by atoms with van der Waals surface area (Å²) in [6, 6.07) is 9.82. The third-order valence-electron chi connectivity index (χ3n) is 4.15. The Balaban J connectivity index is 2.37. The number of hydrogen-bond donors (Lipinski definition) is 0. The number of esters is 1. The van der Waals surface area contributed by atoms with Gasteiger partial charge in [-0.05, 0) is 18.4 Å². The van der Waals surface area contributed by atoms with Crippen LogP contribution < -0.4 is 0 Å². The average molecular weight is 289 g/mol. The zero-order valence-electron chi connectivity index (χ0n) is 13.0. The average Bonchev–Trinajstić information content (AvgIpc) is 2.91. The van der Waals surface area contributed by atoms with Crippen LogP contribution in [-0.2, 0) is 20.7 Å². The Morgan fingerprint density at radius 1 is 1.29 bits per heavy atom. The number of likely N-dealkylation sites (tertiary alicyclic amines) is 1. The third kappa shape index (κ3) is 2.94. The fourth-order valence-corrected chi connectivity index (χ4v) is 3.10. The predicted octanol–water partition coefficient (Wildman–Crippen LogP) is 2.42. The number of rotatable bonds is 4. The van der Waals surface area contributed by atoms with Crippen molar-refractivity contribution < 1.29 is 14.3 Å². The Labute approximate surface area is 126 Å². The molecule has 4 nitrogen and oxygen atoms in total. The van der Waals surface area contributed by atoms with Gasteiger partial charge in [-0.15, -0.1) is 0 Å². The van der Waals surface area contributed by atoms with Crippen molar-refractivity contribution in [2.45, 2.75) is 38.6 Å². The summed E-state index contributed by atoms with van der Waals surface area (Å²) in [7, 11) is 1.39. The van der Waals surface area contributed by atoms with Gasteiger partial charge < -0.3 is 9.64 Å². The first-order valence-electron chi connectivity index (χ1n) is 7.45. The Bertz CT molecular complexity index is 512. The zero-order valence-corrected chi connectivity index (χ0v) is 13.0. The summed E-state index contributed by atoms with van der Waals surface area (Å²) in [5, 5.41) is 0. The minimum atomic E-state index is -0.850. The first kappa shape index (κ1) is 15.5. The lowest BCUT2D eigenvalue weighted by molar-refractivity contribution is -0.160. The van der Waals surface area contributed by atoms with Crippen molar-refractivity contribution in [3.63, 3.8) is 0 Å². The minimum Gasteiger partial charge on any atom is -0.467 e. The van der Waals surface area contributed by atoms with Gasteiger partial charge in [-0.1, -0.05) is 44.2 Å². The molecule has 21 heavy (non-hydrogen) atoms. The molecule has 1 amide bonds. The van der Waals surface area contributed by atoms with Crippen LogP contribution in [0, 0.1) is 5.92 Å². The van der Waals surface area contributed by atoms with E-state index in [0.29, 0.717) is 19.4 Å². The highest BCUT2D eigenvalue weighted by Crippen LogP contribution is 2.35.